The summed E-state index contributed by atoms with van der Waals surface area (Å²) >= 11 is 0. The molecule has 4 aliphatic rings. The first kappa shape index (κ1) is 26.1. The molecule has 0 spiro atoms. The van der Waals surface area contributed by atoms with Gasteiger partial charge >= 0.3 is 0 Å². The van der Waals surface area contributed by atoms with E-state index in [9.17, 15) is 30.0 Å². The Morgan fingerprint density at radius 2 is 1.80 bits per heavy atom. The maximum atomic E-state index is 13.6. The van der Waals surface area contributed by atoms with Gasteiger partial charge in [-0.25, -0.2) is 0 Å². The molecule has 11 heteroatoms. The number of Topliss-reactive ketones (excluding diaryl/α,β-unsaturated/α-hetero) is 1. The molecule has 0 unspecified atom stereocenters. The summed E-state index contributed by atoms with van der Waals surface area (Å²) in [5, 5.41) is 49.1. The number of nitrogens with two attached hydrogens (primary N) is 1. The number of allylic oxidation sites excluding steroid dienone is 2. The fourth-order valence-corrected chi connectivity index (χ4v) is 6.63. The number of ketones is 1. The number of phenols is 1. The summed E-state index contributed by atoms with van der Waals surface area (Å²) in [4.78, 5) is 27.8. The lowest BCUT2D eigenvalue weighted by Crippen LogP contribution is -2.56. The topological polar surface area (TPSA) is 180 Å². The van der Waals surface area contributed by atoms with Crippen LogP contribution in [-0.4, -0.2) is 74.5 Å². The van der Waals surface area contributed by atoms with Crippen molar-refractivity contribution in [3.05, 3.63) is 63.3 Å². The van der Waals surface area contributed by atoms with Gasteiger partial charge in [-0.2, -0.15) is 0 Å². The predicted molar refractivity (Wildman–Crippen MR) is 142 cm³/mol. The number of carbonyl (C=O) groups excluding carboxylic acids is 2. The minimum Gasteiger partial charge on any atom is -0.507 e. The van der Waals surface area contributed by atoms with Gasteiger partial charge in [-0.05, 0) is 42.4 Å². The molecule has 3 atom stereocenters. The number of nitrogens with zero attached hydrogens (tertiary/aromatic N) is 2. The molecule has 3 aliphatic carbocycles. The number of morpholine rings is 1. The van der Waals surface area contributed by atoms with Crippen molar-refractivity contribution < 1.29 is 39.3 Å². The molecule has 6 rings (SSSR count). The molecule has 2 aromatic rings. The third kappa shape index (κ3) is 3.83. The van der Waals surface area contributed by atoms with E-state index < -0.39 is 46.7 Å². The van der Waals surface area contributed by atoms with Gasteiger partial charge < -0.3 is 35.4 Å². The molecule has 2 heterocycles. The van der Waals surface area contributed by atoms with Gasteiger partial charge in [0.05, 0.1) is 30.5 Å². The van der Waals surface area contributed by atoms with Crippen LogP contribution in [-0.2, 0) is 20.7 Å². The van der Waals surface area contributed by atoms with Crippen LogP contribution >= 0.6 is 0 Å². The molecule has 40 heavy (non-hydrogen) atoms. The van der Waals surface area contributed by atoms with Gasteiger partial charge in [0.1, 0.15) is 28.6 Å². The highest BCUT2D eigenvalue weighted by atomic mass is 16.5. The van der Waals surface area contributed by atoms with E-state index in [2.05, 4.69) is 5.16 Å². The van der Waals surface area contributed by atoms with Gasteiger partial charge in [0.25, 0.3) is 5.91 Å². The van der Waals surface area contributed by atoms with Crippen molar-refractivity contribution in [1.82, 2.24) is 10.1 Å². The van der Waals surface area contributed by atoms with Gasteiger partial charge in [-0.1, -0.05) is 19.0 Å². The maximum absolute atomic E-state index is 13.6. The van der Waals surface area contributed by atoms with E-state index in [0.29, 0.717) is 49.6 Å². The number of benzene rings is 1. The van der Waals surface area contributed by atoms with Crippen molar-refractivity contribution in [1.29, 1.82) is 0 Å². The van der Waals surface area contributed by atoms with Crippen LogP contribution in [0.2, 0.25) is 0 Å². The van der Waals surface area contributed by atoms with E-state index in [4.69, 9.17) is 15.0 Å². The predicted octanol–water partition coefficient (Wildman–Crippen LogP) is 3.02. The van der Waals surface area contributed by atoms with Crippen LogP contribution < -0.4 is 5.73 Å². The van der Waals surface area contributed by atoms with Crippen molar-refractivity contribution in [2.45, 2.75) is 38.6 Å². The molecular weight excluding hydrogens is 518 g/mol. The maximum Gasteiger partial charge on any atom is 0.256 e. The average Bonchev–Trinajstić information content (AvgIpc) is 3.39. The number of hydrogen-bond donors (Lipinski definition) is 5. The summed E-state index contributed by atoms with van der Waals surface area (Å²) in [6, 6.07) is 4.12. The molecular formula is C29H31N3O8. The summed E-state index contributed by atoms with van der Waals surface area (Å²) in [5.74, 6) is -3.82. The number of fused-ring (bicyclic) bond motifs is 3. The Morgan fingerprint density at radius 3 is 2.45 bits per heavy atom. The zero-order valence-electron chi connectivity index (χ0n) is 22.2. The number of aliphatic hydroxyl groups is 3. The van der Waals surface area contributed by atoms with Gasteiger partial charge in [0, 0.05) is 41.8 Å². The minimum atomic E-state index is -1.09. The molecule has 1 aromatic heterocycles. The summed E-state index contributed by atoms with van der Waals surface area (Å²) in [6.45, 7) is 5.63. The molecule has 1 amide bonds. The Hall–Kier alpha value is -4.09. The number of rotatable bonds is 4. The van der Waals surface area contributed by atoms with Crippen molar-refractivity contribution in [3.63, 3.8) is 0 Å². The molecule has 0 bridgehead atoms. The lowest BCUT2D eigenvalue weighted by atomic mass is 9.64. The normalized spacial score (nSPS) is 25.3. The molecule has 1 aromatic carbocycles. The van der Waals surface area contributed by atoms with Crippen LogP contribution in [0.3, 0.4) is 0 Å². The Balaban J connectivity index is 1.53. The monoisotopic (exact) mass is 549 g/mol. The first-order chi connectivity index (χ1) is 19.1. The Morgan fingerprint density at radius 1 is 1.07 bits per heavy atom. The van der Waals surface area contributed by atoms with Gasteiger partial charge in [0.15, 0.2) is 11.5 Å². The van der Waals surface area contributed by atoms with E-state index in [1.54, 1.807) is 6.07 Å². The third-order valence-corrected chi connectivity index (χ3v) is 8.52. The quantitative estimate of drug-likeness (QED) is 0.356. The minimum absolute atomic E-state index is 0.00130. The van der Waals surface area contributed by atoms with E-state index in [0.717, 1.165) is 5.69 Å². The van der Waals surface area contributed by atoms with Gasteiger partial charge in [-0.15, -0.1) is 0 Å². The smallest absolute Gasteiger partial charge is 0.256 e. The number of primary amides is 1. The first-order valence-corrected chi connectivity index (χ1v) is 13.4. The summed E-state index contributed by atoms with van der Waals surface area (Å²) in [5.41, 5.74) is 7.25. The SMILES string of the molecule is CC(C)c1cc(-c2ccc(O)c3c2C[C@H]2C[C@@H]4C(=C(O)C2=C3O)C(O)=C(C(N)=O)C(=O)[C@@H]4N2CCOCC2)on1. The number of aliphatic hydroxyl groups excluding tert-OH is 3. The molecule has 210 valence electrons. The molecule has 1 saturated heterocycles. The van der Waals surface area contributed by atoms with Crippen LogP contribution in [0.5, 0.6) is 5.75 Å². The lowest BCUT2D eigenvalue weighted by molar-refractivity contribution is -0.128. The molecule has 6 N–H and O–H groups in total. The van der Waals surface area contributed by atoms with Crippen LogP contribution in [0.15, 0.2) is 51.0 Å². The molecule has 0 saturated carbocycles. The fraction of sp³-hybridized carbons (Fsp3) is 0.414. The van der Waals surface area contributed by atoms with Gasteiger partial charge in [-0.3, -0.25) is 14.5 Å². The zero-order valence-corrected chi connectivity index (χ0v) is 22.2. The van der Waals surface area contributed by atoms with Crippen LogP contribution in [0.1, 0.15) is 43.0 Å². The average molecular weight is 550 g/mol. The summed E-state index contributed by atoms with van der Waals surface area (Å²) in [7, 11) is 0. The van der Waals surface area contributed by atoms with E-state index in [1.807, 2.05) is 24.8 Å². The van der Waals surface area contributed by atoms with Gasteiger partial charge in [0.2, 0.25) is 0 Å². The van der Waals surface area contributed by atoms with Crippen molar-refractivity contribution in [2.24, 2.45) is 17.6 Å². The Labute approximate surface area is 229 Å². The lowest BCUT2D eigenvalue weighted by Gasteiger charge is -2.45. The highest BCUT2D eigenvalue weighted by molar-refractivity contribution is 6.22. The van der Waals surface area contributed by atoms with Crippen LogP contribution in [0.4, 0.5) is 0 Å². The first-order valence-electron chi connectivity index (χ1n) is 13.4. The Bertz CT molecular complexity index is 1530. The third-order valence-electron chi connectivity index (χ3n) is 8.52. The van der Waals surface area contributed by atoms with Crippen molar-refractivity contribution in [2.75, 3.05) is 26.3 Å². The number of carbonyl (C=O) groups is 2. The van der Waals surface area contributed by atoms with E-state index >= 15 is 0 Å². The van der Waals surface area contributed by atoms with Crippen LogP contribution in [0.25, 0.3) is 17.1 Å². The second-order valence-corrected chi connectivity index (χ2v) is 11.1. The molecule has 1 fully saturated rings. The molecule has 0 radical (unpaired) electrons. The number of hydrogen-bond acceptors (Lipinski definition) is 10. The number of ether oxygens (including phenoxy) is 1. The van der Waals surface area contributed by atoms with Crippen molar-refractivity contribution >= 4 is 17.4 Å². The summed E-state index contributed by atoms with van der Waals surface area (Å²) in [6.07, 6.45) is 0.589. The number of aromatic nitrogens is 1. The summed E-state index contributed by atoms with van der Waals surface area (Å²) < 4.78 is 11.1. The number of amides is 1. The van der Waals surface area contributed by atoms with Crippen LogP contribution in [0, 0.1) is 11.8 Å². The largest absolute Gasteiger partial charge is 0.507 e. The standard InChI is InChI=1S/C29H31N3O8/c1-12(2)17-11-19(40-31-17)14-3-4-18(33)21-15(14)9-13-10-16-22(26(35)20(13)25(21)34)27(36)23(29(30)38)28(37)24(16)32-5-7-39-8-6-32/h3-4,11-13,16,24,33-36H,5-10H2,1-2H3,(H2,30,38)/t13-,16+,24+/m0/s1. The number of phenolic OH excluding ortho intramolecular Hbond substituents is 1. The number of aromatic hydroxyl groups is 1. The van der Waals surface area contributed by atoms with Crippen molar-refractivity contribution in [3.8, 4) is 17.1 Å². The highest BCUT2D eigenvalue weighted by Gasteiger charge is 2.52. The van der Waals surface area contributed by atoms with E-state index in [-0.39, 0.29) is 40.6 Å². The highest BCUT2D eigenvalue weighted by Crippen LogP contribution is 2.53. The second kappa shape index (κ2) is 9.53. The van der Waals surface area contributed by atoms with E-state index in [1.165, 1.54) is 6.07 Å². The fourth-order valence-electron chi connectivity index (χ4n) is 6.63. The molecule has 11 nitrogen and oxygen atoms in total. The second-order valence-electron chi connectivity index (χ2n) is 11.1. The Kier molecular flexibility index (Phi) is 6.23. The molecule has 1 aliphatic heterocycles. The zero-order chi connectivity index (χ0) is 28.5.